The Labute approximate surface area is 189 Å². The van der Waals surface area contributed by atoms with Crippen molar-refractivity contribution in [3.63, 3.8) is 0 Å². The zero-order chi connectivity index (χ0) is 23.5. The fraction of sp³-hybridized carbons (Fsp3) is 0.261. The molecule has 168 valence electrons. The number of carbonyl (C=O) groups is 4. The number of hydrogen-bond acceptors (Lipinski definition) is 9. The normalized spacial score (nSPS) is 11.0. The van der Waals surface area contributed by atoms with E-state index in [9.17, 15) is 19.2 Å². The molecule has 2 aromatic rings. The van der Waals surface area contributed by atoms with Crippen LogP contribution in [0.4, 0.5) is 0 Å². The maximum Gasteiger partial charge on any atom is 0.338 e. The monoisotopic (exact) mass is 457 g/mol. The summed E-state index contributed by atoms with van der Waals surface area (Å²) in [6.45, 7) is 2.27. The molecule has 0 heterocycles. The number of esters is 1. The number of ketones is 2. The largest absolute Gasteiger partial charge is 0.454 e. The van der Waals surface area contributed by atoms with Crippen LogP contribution in [0, 0.1) is 0 Å². The second kappa shape index (κ2) is 12.5. The van der Waals surface area contributed by atoms with Gasteiger partial charge in [0.15, 0.2) is 5.78 Å². The van der Waals surface area contributed by atoms with E-state index in [1.165, 1.54) is 25.6 Å². The van der Waals surface area contributed by atoms with Gasteiger partial charge < -0.3 is 14.7 Å². The maximum absolute atomic E-state index is 12.3. The first-order valence-electron chi connectivity index (χ1n) is 9.74. The lowest BCUT2D eigenvalue weighted by Gasteiger charge is -2.06. The van der Waals surface area contributed by atoms with Crippen molar-refractivity contribution >= 4 is 41.0 Å². The van der Waals surface area contributed by atoms with Gasteiger partial charge in [0.1, 0.15) is 12.3 Å². The van der Waals surface area contributed by atoms with E-state index in [1.807, 2.05) is 0 Å². The van der Waals surface area contributed by atoms with Crippen LogP contribution in [0.5, 0.6) is 0 Å². The highest BCUT2D eigenvalue weighted by Crippen LogP contribution is 2.28. The number of ether oxygens (including phenoxy) is 1. The highest BCUT2D eigenvalue weighted by Gasteiger charge is 2.12. The molecule has 8 nitrogen and oxygen atoms in total. The third kappa shape index (κ3) is 8.09. The van der Waals surface area contributed by atoms with Crippen LogP contribution in [0.25, 0.3) is 0 Å². The lowest BCUT2D eigenvalue weighted by atomic mass is 10.1. The number of aliphatic hydroxyl groups excluding tert-OH is 1. The summed E-state index contributed by atoms with van der Waals surface area (Å²) >= 11 is 1.44. The van der Waals surface area contributed by atoms with E-state index in [2.05, 4.69) is 9.99 Å². The van der Waals surface area contributed by atoms with Crippen molar-refractivity contribution in [3.05, 3.63) is 59.7 Å². The van der Waals surface area contributed by atoms with Gasteiger partial charge in [-0.25, -0.2) is 9.59 Å². The number of hydrogen-bond donors (Lipinski definition) is 1. The Hall–Kier alpha value is -3.30. The van der Waals surface area contributed by atoms with E-state index >= 15 is 0 Å². The smallest absolute Gasteiger partial charge is 0.338 e. The first-order valence-corrected chi connectivity index (χ1v) is 10.6. The van der Waals surface area contributed by atoms with Gasteiger partial charge >= 0.3 is 11.9 Å². The molecule has 0 aliphatic rings. The molecule has 2 aromatic carbocycles. The molecule has 0 spiro atoms. The van der Waals surface area contributed by atoms with Crippen molar-refractivity contribution in [2.75, 3.05) is 13.2 Å². The summed E-state index contributed by atoms with van der Waals surface area (Å²) in [6.07, 6.45) is 0.515. The van der Waals surface area contributed by atoms with E-state index in [0.29, 0.717) is 17.5 Å². The average molecular weight is 458 g/mol. The number of aliphatic hydroxyl groups is 1. The van der Waals surface area contributed by atoms with Gasteiger partial charge in [-0.15, -0.1) is 0 Å². The molecule has 0 amide bonds. The molecule has 1 N–H and O–H groups in total. The number of Topliss-reactive ketones (excluding diaryl/α,β-unsaturated/α-hetero) is 2. The lowest BCUT2D eigenvalue weighted by molar-refractivity contribution is -0.140. The Morgan fingerprint density at radius 3 is 2.00 bits per heavy atom. The van der Waals surface area contributed by atoms with Gasteiger partial charge in [0, 0.05) is 35.3 Å². The molecule has 0 aliphatic carbocycles. The van der Waals surface area contributed by atoms with Gasteiger partial charge in [-0.3, -0.25) is 9.59 Å². The molecule has 0 atom stereocenters. The first-order chi connectivity index (χ1) is 15.3. The van der Waals surface area contributed by atoms with Crippen molar-refractivity contribution < 1.29 is 33.9 Å². The molecule has 0 bridgehead atoms. The molecule has 0 fully saturated rings. The van der Waals surface area contributed by atoms with Crippen LogP contribution in [0.2, 0.25) is 0 Å². The molecular formula is C23H23NO7S. The standard InChI is InChI=1S/C23H23NO7S/c1-15(24-31-16(2)26)22(28)17-5-9-20(10-6-17)32-21-11-7-18(8-12-21)23(29)30-14-19(27)4-3-13-25/h5-12,25H,3-4,13-14H2,1-2H3/b24-15+. The minimum Gasteiger partial charge on any atom is -0.454 e. The summed E-state index contributed by atoms with van der Waals surface area (Å²) in [4.78, 5) is 52.8. The van der Waals surface area contributed by atoms with Crippen LogP contribution in [0.15, 0.2) is 63.5 Å². The molecule has 0 saturated heterocycles. The summed E-state index contributed by atoms with van der Waals surface area (Å²) < 4.78 is 4.98. The molecule has 0 aromatic heterocycles. The van der Waals surface area contributed by atoms with Crippen molar-refractivity contribution in [1.29, 1.82) is 0 Å². The number of nitrogens with zero attached hydrogens (tertiary/aromatic N) is 1. The van der Waals surface area contributed by atoms with Crippen molar-refractivity contribution in [3.8, 4) is 0 Å². The molecule has 0 aliphatic heterocycles. The van der Waals surface area contributed by atoms with Crippen LogP contribution in [-0.2, 0) is 19.2 Å². The fourth-order valence-electron chi connectivity index (χ4n) is 2.43. The van der Waals surface area contributed by atoms with Crippen molar-refractivity contribution in [2.24, 2.45) is 5.16 Å². The molecule has 0 radical (unpaired) electrons. The number of rotatable bonds is 11. The Balaban J connectivity index is 1.92. The third-order valence-corrected chi connectivity index (χ3v) is 5.08. The van der Waals surface area contributed by atoms with Gasteiger partial charge in [-0.2, -0.15) is 0 Å². The molecule has 2 rings (SSSR count). The maximum atomic E-state index is 12.3. The number of oxime groups is 1. The lowest BCUT2D eigenvalue weighted by Crippen LogP contribution is -2.14. The molecule has 0 saturated carbocycles. The van der Waals surface area contributed by atoms with Crippen molar-refractivity contribution in [1.82, 2.24) is 0 Å². The highest BCUT2D eigenvalue weighted by molar-refractivity contribution is 7.99. The summed E-state index contributed by atoms with van der Waals surface area (Å²) in [6, 6.07) is 13.6. The van der Waals surface area contributed by atoms with Gasteiger partial charge in [0.2, 0.25) is 5.78 Å². The Morgan fingerprint density at radius 2 is 1.47 bits per heavy atom. The Bertz CT molecular complexity index is 998. The van der Waals surface area contributed by atoms with Crippen LogP contribution in [-0.4, -0.2) is 47.5 Å². The molecule has 32 heavy (non-hydrogen) atoms. The van der Waals surface area contributed by atoms with Crippen LogP contribution in [0.1, 0.15) is 47.4 Å². The van der Waals surface area contributed by atoms with Gasteiger partial charge in [-0.1, -0.05) is 16.9 Å². The Kier molecular flexibility index (Phi) is 9.77. The van der Waals surface area contributed by atoms with Crippen LogP contribution in [0.3, 0.4) is 0 Å². The summed E-state index contributed by atoms with van der Waals surface area (Å²) in [7, 11) is 0. The second-order valence-corrected chi connectivity index (χ2v) is 7.83. The van der Waals surface area contributed by atoms with Gasteiger partial charge in [0.05, 0.1) is 5.56 Å². The van der Waals surface area contributed by atoms with E-state index in [1.54, 1.807) is 48.5 Å². The van der Waals surface area contributed by atoms with Gasteiger partial charge in [-0.05, 0) is 61.9 Å². The minimum atomic E-state index is -0.602. The summed E-state index contributed by atoms with van der Waals surface area (Å²) in [5.74, 6) is -1.78. The third-order valence-electron chi connectivity index (χ3n) is 4.06. The number of benzene rings is 2. The molecule has 0 unspecified atom stereocenters. The molecular weight excluding hydrogens is 434 g/mol. The second-order valence-electron chi connectivity index (χ2n) is 6.68. The highest BCUT2D eigenvalue weighted by atomic mass is 32.2. The fourth-order valence-corrected chi connectivity index (χ4v) is 3.25. The van der Waals surface area contributed by atoms with E-state index in [0.717, 1.165) is 9.79 Å². The summed E-state index contributed by atoms with van der Waals surface area (Å²) in [5.41, 5.74) is 0.806. The number of carbonyl (C=O) groups excluding carboxylic acids is 4. The predicted molar refractivity (Wildman–Crippen MR) is 118 cm³/mol. The van der Waals surface area contributed by atoms with Crippen LogP contribution >= 0.6 is 11.8 Å². The SMILES string of the molecule is CC(=O)O/N=C(\C)C(=O)c1ccc(Sc2ccc(C(=O)OCC(=O)CCCO)cc2)cc1. The molecule has 9 heteroatoms. The Morgan fingerprint density at radius 1 is 0.906 bits per heavy atom. The zero-order valence-corrected chi connectivity index (χ0v) is 18.5. The first kappa shape index (κ1) is 25.0. The minimum absolute atomic E-state index is 0.0678. The van der Waals surface area contributed by atoms with Gasteiger partial charge in [0.25, 0.3) is 0 Å². The van der Waals surface area contributed by atoms with E-state index in [-0.39, 0.29) is 36.9 Å². The van der Waals surface area contributed by atoms with E-state index in [4.69, 9.17) is 9.84 Å². The average Bonchev–Trinajstić information content (AvgIpc) is 2.80. The van der Waals surface area contributed by atoms with Crippen molar-refractivity contribution in [2.45, 2.75) is 36.5 Å². The topological polar surface area (TPSA) is 119 Å². The zero-order valence-electron chi connectivity index (χ0n) is 17.7. The predicted octanol–water partition coefficient (Wildman–Crippen LogP) is 3.46. The quantitative estimate of drug-likeness (QED) is 0.179. The van der Waals surface area contributed by atoms with E-state index < -0.39 is 11.9 Å². The van der Waals surface area contributed by atoms with Crippen LogP contribution < -0.4 is 0 Å². The summed E-state index contributed by atoms with van der Waals surface area (Å²) in [5, 5.41) is 12.2.